The van der Waals surface area contributed by atoms with Gasteiger partial charge in [0.1, 0.15) is 17.7 Å². The summed E-state index contributed by atoms with van der Waals surface area (Å²) in [7, 11) is 1.86. The number of aryl methyl sites for hydroxylation is 1. The molecule has 5 aliphatic rings. The van der Waals surface area contributed by atoms with Crippen molar-refractivity contribution in [1.29, 1.82) is 0 Å². The molecule has 1 aromatic carbocycles. The normalized spacial score (nSPS) is 24.0. The summed E-state index contributed by atoms with van der Waals surface area (Å²) in [5.41, 5.74) is 4.99. The third-order valence-electron chi connectivity index (χ3n) is 11.6. The first-order chi connectivity index (χ1) is 23.9. The van der Waals surface area contributed by atoms with Gasteiger partial charge in [-0.15, -0.1) is 0 Å². The van der Waals surface area contributed by atoms with Crippen molar-refractivity contribution in [1.82, 2.24) is 39.7 Å². The van der Waals surface area contributed by atoms with Crippen molar-refractivity contribution < 1.29 is 14.3 Å². The van der Waals surface area contributed by atoms with E-state index in [1.807, 2.05) is 29.0 Å². The van der Waals surface area contributed by atoms with Crippen molar-refractivity contribution in [2.24, 2.45) is 17.9 Å². The minimum atomic E-state index is -0.464. The molecule has 8 heterocycles. The second-order valence-corrected chi connectivity index (χ2v) is 14.7. The van der Waals surface area contributed by atoms with E-state index in [1.165, 1.54) is 11.1 Å². The number of aromatic nitrogens is 6. The van der Waals surface area contributed by atoms with E-state index in [0.717, 1.165) is 87.4 Å². The second kappa shape index (κ2) is 11.8. The van der Waals surface area contributed by atoms with Crippen molar-refractivity contribution in [3.63, 3.8) is 0 Å². The number of rotatable bonds is 6. The van der Waals surface area contributed by atoms with Crippen LogP contribution >= 0.6 is 0 Å². The molecule has 4 saturated heterocycles. The highest BCUT2D eigenvalue weighted by Crippen LogP contribution is 2.43. The molecule has 0 radical (unpaired) electrons. The molecule has 9 rings (SSSR count). The number of amides is 2. The van der Waals surface area contributed by atoms with E-state index >= 15 is 0 Å². The van der Waals surface area contributed by atoms with Gasteiger partial charge in [-0.05, 0) is 61.9 Å². The maximum Gasteiger partial charge on any atom is 0.237 e. The number of piperidine rings is 1. The van der Waals surface area contributed by atoms with E-state index in [9.17, 15) is 9.59 Å². The number of hydrogen-bond acceptors (Lipinski definition) is 9. The monoisotopic (exact) mass is 662 g/mol. The molecule has 49 heavy (non-hydrogen) atoms. The molecule has 2 spiro atoms. The van der Waals surface area contributed by atoms with Gasteiger partial charge in [0.15, 0.2) is 11.6 Å². The molecule has 254 valence electrons. The number of carbonyl (C=O) groups is 2. The van der Waals surface area contributed by atoms with Crippen LogP contribution in [0.1, 0.15) is 37.7 Å². The van der Waals surface area contributed by atoms with Gasteiger partial charge in [0.25, 0.3) is 0 Å². The van der Waals surface area contributed by atoms with Gasteiger partial charge in [0.2, 0.25) is 11.8 Å². The van der Waals surface area contributed by atoms with Crippen molar-refractivity contribution in [3.8, 4) is 11.4 Å². The molecule has 1 atom stereocenters. The number of aromatic amines is 1. The third kappa shape index (κ3) is 5.39. The van der Waals surface area contributed by atoms with Gasteiger partial charge in [-0.25, -0.2) is 9.97 Å². The van der Waals surface area contributed by atoms with Crippen LogP contribution in [0, 0.1) is 10.8 Å². The Balaban J connectivity index is 0.813. The Hall–Kier alpha value is -4.62. The highest BCUT2D eigenvalue weighted by atomic mass is 16.5. The summed E-state index contributed by atoms with van der Waals surface area (Å²) < 4.78 is 7.20. The number of ether oxygens (including phenoxy) is 1. The number of anilines is 2. The first-order valence-corrected chi connectivity index (χ1v) is 17.5. The zero-order valence-corrected chi connectivity index (χ0v) is 28.0. The molecular weight excluding hydrogens is 620 g/mol. The topological polar surface area (TPSA) is 129 Å². The number of hydrogen-bond donors (Lipinski definition) is 1. The average molecular weight is 663 g/mol. The molecule has 4 aromatic rings. The molecule has 3 aromatic heterocycles. The number of nitrogens with zero attached hydrogens (tertiary/aromatic N) is 9. The largest absolute Gasteiger partial charge is 0.380 e. The Morgan fingerprint density at radius 2 is 1.76 bits per heavy atom. The molecule has 1 unspecified atom stereocenters. The minimum absolute atomic E-state index is 0.124. The van der Waals surface area contributed by atoms with E-state index in [0.29, 0.717) is 49.8 Å². The van der Waals surface area contributed by atoms with E-state index in [1.54, 1.807) is 11.0 Å². The first kappa shape index (κ1) is 30.4. The average Bonchev–Trinajstić information content (AvgIpc) is 3.91. The number of fused-ring (bicyclic) bond motifs is 1. The number of H-pyrrole nitrogens is 1. The third-order valence-corrected chi connectivity index (χ3v) is 11.6. The van der Waals surface area contributed by atoms with Gasteiger partial charge < -0.3 is 14.5 Å². The van der Waals surface area contributed by atoms with Gasteiger partial charge in [-0.2, -0.15) is 10.2 Å². The second-order valence-electron chi connectivity index (χ2n) is 14.7. The first-order valence-electron chi connectivity index (χ1n) is 17.5. The van der Waals surface area contributed by atoms with E-state index in [4.69, 9.17) is 9.72 Å². The maximum absolute atomic E-state index is 14.0. The Kier molecular flexibility index (Phi) is 7.31. The van der Waals surface area contributed by atoms with Crippen LogP contribution < -0.4 is 9.80 Å². The molecule has 4 fully saturated rings. The summed E-state index contributed by atoms with van der Waals surface area (Å²) in [6.45, 7) is 7.23. The molecule has 1 N–H and O–H groups in total. The van der Waals surface area contributed by atoms with Crippen LogP contribution in [0.4, 0.5) is 11.6 Å². The summed E-state index contributed by atoms with van der Waals surface area (Å²) in [4.78, 5) is 45.0. The quantitative estimate of drug-likeness (QED) is 0.331. The fraction of sp³-hybridized carbons (Fsp3) is 0.500. The standard InChI is InChI=1S/C36H42N10O3/c1-42-24-37-32(41-42)27-4-2-25(3-5-27)26-8-14-44(15-9-26)30(47)20-43-16-12-36(21-43)13-19-46(34(36)48)29-7-6-28-31(38-29)33(40-39-28)45-17-10-35(11-18-45)22-49-23-35/h2-8,24H,9-23H2,1H3,(H,39,40). The lowest BCUT2D eigenvalue weighted by Crippen LogP contribution is -2.51. The van der Waals surface area contributed by atoms with Gasteiger partial charge in [-0.3, -0.25) is 29.2 Å². The van der Waals surface area contributed by atoms with Crippen molar-refractivity contribution in [3.05, 3.63) is 54.4 Å². The lowest BCUT2D eigenvalue weighted by Gasteiger charge is -2.47. The summed E-state index contributed by atoms with van der Waals surface area (Å²) in [5.74, 6) is 2.52. The van der Waals surface area contributed by atoms with Crippen molar-refractivity contribution >= 4 is 40.1 Å². The molecule has 5 aliphatic heterocycles. The molecule has 13 nitrogen and oxygen atoms in total. The number of carbonyl (C=O) groups excluding carboxylic acids is 2. The Morgan fingerprint density at radius 1 is 0.959 bits per heavy atom. The summed E-state index contributed by atoms with van der Waals surface area (Å²) in [6.07, 6.45) is 8.42. The fourth-order valence-electron chi connectivity index (χ4n) is 8.38. The summed E-state index contributed by atoms with van der Waals surface area (Å²) in [6, 6.07) is 12.2. The molecular formula is C36H42N10O3. The lowest BCUT2D eigenvalue weighted by atomic mass is 9.77. The molecule has 13 heteroatoms. The van der Waals surface area contributed by atoms with Crippen LogP contribution in [0.3, 0.4) is 0 Å². The number of likely N-dealkylation sites (tertiary alicyclic amines) is 1. The molecule has 0 saturated carbocycles. The lowest BCUT2D eigenvalue weighted by molar-refractivity contribution is -0.132. The number of benzene rings is 1. The predicted molar refractivity (Wildman–Crippen MR) is 185 cm³/mol. The zero-order chi connectivity index (χ0) is 33.2. The zero-order valence-electron chi connectivity index (χ0n) is 28.0. The number of pyridine rings is 1. The van der Waals surface area contributed by atoms with Gasteiger partial charge in [0, 0.05) is 57.3 Å². The number of nitrogens with one attached hydrogen (secondary N) is 1. The van der Waals surface area contributed by atoms with Crippen LogP contribution in [0.5, 0.6) is 0 Å². The Bertz CT molecular complexity index is 1940. The molecule has 0 bridgehead atoms. The summed E-state index contributed by atoms with van der Waals surface area (Å²) in [5, 5.41) is 12.2. The SMILES string of the molecule is Cn1cnc(-c2ccc(C3=CCN(C(=O)CN4CCC5(CCN(c6ccc7[nH]nc(N8CCC9(CC8)COC9)c7n6)C5=O)C4)CC3)cc2)n1. The van der Waals surface area contributed by atoms with Gasteiger partial charge >= 0.3 is 0 Å². The summed E-state index contributed by atoms with van der Waals surface area (Å²) >= 11 is 0. The minimum Gasteiger partial charge on any atom is -0.380 e. The highest BCUT2D eigenvalue weighted by Gasteiger charge is 2.51. The van der Waals surface area contributed by atoms with E-state index < -0.39 is 5.41 Å². The van der Waals surface area contributed by atoms with Crippen LogP contribution in [0.15, 0.2) is 48.8 Å². The smallest absolute Gasteiger partial charge is 0.237 e. The van der Waals surface area contributed by atoms with Crippen LogP contribution in [-0.2, 0) is 21.4 Å². The maximum atomic E-state index is 14.0. The predicted octanol–water partition coefficient (Wildman–Crippen LogP) is 3.11. The molecule has 0 aliphatic carbocycles. The van der Waals surface area contributed by atoms with Gasteiger partial charge in [-0.1, -0.05) is 30.3 Å². The van der Waals surface area contributed by atoms with Crippen LogP contribution in [0.25, 0.3) is 28.0 Å². The van der Waals surface area contributed by atoms with Crippen molar-refractivity contribution in [2.45, 2.75) is 32.1 Å². The fourth-order valence-corrected chi connectivity index (χ4v) is 8.38. The van der Waals surface area contributed by atoms with E-state index in [2.05, 4.69) is 60.4 Å². The van der Waals surface area contributed by atoms with Crippen molar-refractivity contribution in [2.75, 3.05) is 75.4 Å². The molecule has 2 amide bonds. The van der Waals surface area contributed by atoms with Crippen LogP contribution in [-0.4, -0.2) is 117 Å². The Labute approximate surface area is 284 Å². The van der Waals surface area contributed by atoms with Gasteiger partial charge in [0.05, 0.1) is 30.7 Å². The van der Waals surface area contributed by atoms with E-state index in [-0.39, 0.29) is 11.8 Å². The Morgan fingerprint density at radius 3 is 2.47 bits per heavy atom. The van der Waals surface area contributed by atoms with Crippen LogP contribution in [0.2, 0.25) is 0 Å². The highest BCUT2D eigenvalue weighted by molar-refractivity contribution is 6.01.